The minimum Gasteiger partial charge on any atom is -0.480 e. The highest BCUT2D eigenvalue weighted by Gasteiger charge is 2.29. The average Bonchev–Trinajstić information content (AvgIpc) is 3.18. The monoisotopic (exact) mass is 379 g/mol. The Morgan fingerprint density at radius 3 is 2.68 bits per heavy atom. The van der Waals surface area contributed by atoms with Crippen LogP contribution in [-0.2, 0) is 11.2 Å². The Labute approximate surface area is 164 Å². The number of anilines is 1. The smallest absolute Gasteiger partial charge is 0.265 e. The maximum absolute atomic E-state index is 12.9. The quantitative estimate of drug-likeness (QED) is 0.856. The predicted molar refractivity (Wildman–Crippen MR) is 108 cm³/mol. The number of rotatable bonds is 4. The maximum atomic E-state index is 12.9. The van der Waals surface area contributed by atoms with Crippen molar-refractivity contribution in [3.05, 3.63) is 59.7 Å². The van der Waals surface area contributed by atoms with Crippen LogP contribution in [0.15, 0.2) is 48.5 Å². The summed E-state index contributed by atoms with van der Waals surface area (Å²) in [5, 5.41) is 6.20. The van der Waals surface area contributed by atoms with Gasteiger partial charge in [-0.1, -0.05) is 24.3 Å². The number of hydrogen-bond donors (Lipinski definition) is 2. The van der Waals surface area contributed by atoms with E-state index >= 15 is 0 Å². The summed E-state index contributed by atoms with van der Waals surface area (Å²) < 4.78 is 5.74. The lowest BCUT2D eigenvalue weighted by Crippen LogP contribution is -2.44. The van der Waals surface area contributed by atoms with Gasteiger partial charge in [-0.2, -0.15) is 0 Å². The molecule has 2 aromatic rings. The lowest BCUT2D eigenvalue weighted by atomic mass is 10.0. The Morgan fingerprint density at radius 1 is 1.11 bits per heavy atom. The second kappa shape index (κ2) is 8.02. The molecule has 1 unspecified atom stereocenters. The third-order valence-electron chi connectivity index (χ3n) is 5.49. The lowest BCUT2D eigenvalue weighted by molar-refractivity contribution is -0.122. The summed E-state index contributed by atoms with van der Waals surface area (Å²) in [4.78, 5) is 27.3. The van der Waals surface area contributed by atoms with Gasteiger partial charge in [0.2, 0.25) is 0 Å². The number of carbonyl (C=O) groups excluding carboxylic acids is 2. The average molecular weight is 379 g/mol. The van der Waals surface area contributed by atoms with Crippen molar-refractivity contribution in [1.29, 1.82) is 0 Å². The summed E-state index contributed by atoms with van der Waals surface area (Å²) in [5.41, 5.74) is 2.22. The first-order valence-corrected chi connectivity index (χ1v) is 9.75. The summed E-state index contributed by atoms with van der Waals surface area (Å²) in [6, 6.07) is 15.0. The van der Waals surface area contributed by atoms with Gasteiger partial charge in [0.15, 0.2) is 6.10 Å². The zero-order valence-electron chi connectivity index (χ0n) is 16.0. The minimum absolute atomic E-state index is 0.0208. The number of hydrogen-bond acceptors (Lipinski definition) is 4. The van der Waals surface area contributed by atoms with Gasteiger partial charge in [-0.05, 0) is 55.8 Å². The lowest BCUT2D eigenvalue weighted by Gasteiger charge is -2.31. The topological polar surface area (TPSA) is 70.7 Å². The van der Waals surface area contributed by atoms with Gasteiger partial charge in [-0.25, -0.2) is 0 Å². The number of nitrogens with zero attached hydrogens (tertiary/aromatic N) is 1. The van der Waals surface area contributed by atoms with E-state index in [9.17, 15) is 9.59 Å². The highest BCUT2D eigenvalue weighted by atomic mass is 16.5. The van der Waals surface area contributed by atoms with E-state index in [0.717, 1.165) is 37.2 Å². The second-order valence-electron chi connectivity index (χ2n) is 7.39. The van der Waals surface area contributed by atoms with Crippen LogP contribution in [0.5, 0.6) is 5.75 Å². The first kappa shape index (κ1) is 18.5. The molecule has 0 spiro atoms. The van der Waals surface area contributed by atoms with Crippen molar-refractivity contribution < 1.29 is 14.3 Å². The highest BCUT2D eigenvalue weighted by Crippen LogP contribution is 2.28. The van der Waals surface area contributed by atoms with Gasteiger partial charge in [0, 0.05) is 30.8 Å². The van der Waals surface area contributed by atoms with Gasteiger partial charge in [0.1, 0.15) is 5.75 Å². The number of piperidine rings is 1. The molecule has 4 rings (SSSR count). The molecule has 2 heterocycles. The van der Waals surface area contributed by atoms with Crippen molar-refractivity contribution in [1.82, 2.24) is 10.2 Å². The van der Waals surface area contributed by atoms with Gasteiger partial charge in [0.25, 0.3) is 11.8 Å². The predicted octanol–water partition coefficient (Wildman–Crippen LogP) is 2.45. The molecule has 1 fully saturated rings. The van der Waals surface area contributed by atoms with Gasteiger partial charge in [-0.3, -0.25) is 9.59 Å². The van der Waals surface area contributed by atoms with Crippen molar-refractivity contribution in [3.63, 3.8) is 0 Å². The molecule has 28 heavy (non-hydrogen) atoms. The Bertz CT molecular complexity index is 852. The first-order valence-electron chi connectivity index (χ1n) is 9.75. The summed E-state index contributed by atoms with van der Waals surface area (Å²) >= 11 is 0. The van der Waals surface area contributed by atoms with E-state index in [1.807, 2.05) is 36.2 Å². The molecule has 2 aliphatic rings. The number of amides is 2. The van der Waals surface area contributed by atoms with E-state index in [1.54, 1.807) is 24.3 Å². The molecule has 6 nitrogen and oxygen atoms in total. The molecule has 0 radical (unpaired) electrons. The zero-order valence-corrected chi connectivity index (χ0v) is 16.0. The van der Waals surface area contributed by atoms with Crippen molar-refractivity contribution in [2.75, 3.05) is 25.5 Å². The largest absolute Gasteiger partial charge is 0.480 e. The third kappa shape index (κ3) is 3.87. The Morgan fingerprint density at radius 2 is 1.89 bits per heavy atom. The van der Waals surface area contributed by atoms with Crippen LogP contribution < -0.4 is 15.4 Å². The third-order valence-corrected chi connectivity index (χ3v) is 5.49. The zero-order chi connectivity index (χ0) is 19.5. The van der Waals surface area contributed by atoms with Crippen LogP contribution in [0.25, 0.3) is 0 Å². The van der Waals surface area contributed by atoms with Crippen LogP contribution >= 0.6 is 0 Å². The molecule has 2 aliphatic heterocycles. The molecule has 2 N–H and O–H groups in total. The van der Waals surface area contributed by atoms with Crippen molar-refractivity contribution in [2.45, 2.75) is 31.4 Å². The van der Waals surface area contributed by atoms with Crippen LogP contribution in [0, 0.1) is 0 Å². The van der Waals surface area contributed by atoms with E-state index in [4.69, 9.17) is 4.74 Å². The molecule has 0 aromatic heterocycles. The number of nitrogens with one attached hydrogen (secondary N) is 2. The van der Waals surface area contributed by atoms with Crippen molar-refractivity contribution >= 4 is 17.5 Å². The van der Waals surface area contributed by atoms with E-state index in [0.29, 0.717) is 17.7 Å². The SMILES string of the molecule is CN(C(=O)c1cccc(NC(=O)C2Cc3ccccc3O2)c1)C1CCNCC1. The number of fused-ring (bicyclic) bond motifs is 1. The number of carbonyl (C=O) groups is 2. The molecule has 1 saturated heterocycles. The van der Waals surface area contributed by atoms with E-state index < -0.39 is 6.10 Å². The molecule has 0 aliphatic carbocycles. The van der Waals surface area contributed by atoms with Crippen molar-refractivity contribution in [3.8, 4) is 5.75 Å². The van der Waals surface area contributed by atoms with Crippen LogP contribution in [0.4, 0.5) is 5.69 Å². The molecular formula is C22H25N3O3. The molecular weight excluding hydrogens is 354 g/mol. The van der Waals surface area contributed by atoms with Crippen LogP contribution in [-0.4, -0.2) is 49.0 Å². The molecule has 2 aromatic carbocycles. The first-order chi connectivity index (χ1) is 13.6. The van der Waals surface area contributed by atoms with Gasteiger partial charge < -0.3 is 20.3 Å². The van der Waals surface area contributed by atoms with Gasteiger partial charge >= 0.3 is 0 Å². The summed E-state index contributed by atoms with van der Waals surface area (Å²) in [6.45, 7) is 1.87. The summed E-state index contributed by atoms with van der Waals surface area (Å²) in [5.74, 6) is 0.537. The Balaban J connectivity index is 1.41. The van der Waals surface area contributed by atoms with Gasteiger partial charge in [-0.15, -0.1) is 0 Å². The Kier molecular flexibility index (Phi) is 5.30. The molecule has 0 saturated carbocycles. The summed E-state index contributed by atoms with van der Waals surface area (Å²) in [6.07, 6.45) is 1.92. The fourth-order valence-electron chi connectivity index (χ4n) is 3.84. The van der Waals surface area contributed by atoms with E-state index in [1.165, 1.54) is 0 Å². The number of para-hydroxylation sites is 1. The molecule has 0 bridgehead atoms. The minimum atomic E-state index is -0.547. The highest BCUT2D eigenvalue weighted by molar-refractivity contribution is 5.98. The standard InChI is InChI=1S/C22H25N3O3/c1-25(18-9-11-23-12-10-18)22(27)16-6-4-7-17(13-16)24-21(26)20-14-15-5-2-3-8-19(15)28-20/h2-8,13,18,20,23H,9-12,14H2,1H3,(H,24,26). The maximum Gasteiger partial charge on any atom is 0.265 e. The molecule has 146 valence electrons. The van der Waals surface area contributed by atoms with Crippen LogP contribution in [0.2, 0.25) is 0 Å². The Hall–Kier alpha value is -2.86. The molecule has 2 amide bonds. The fourth-order valence-corrected chi connectivity index (χ4v) is 3.84. The molecule has 6 heteroatoms. The van der Waals surface area contributed by atoms with E-state index in [-0.39, 0.29) is 17.9 Å². The molecule has 1 atom stereocenters. The van der Waals surface area contributed by atoms with Crippen LogP contribution in [0.3, 0.4) is 0 Å². The van der Waals surface area contributed by atoms with Crippen LogP contribution in [0.1, 0.15) is 28.8 Å². The van der Waals surface area contributed by atoms with Gasteiger partial charge in [0.05, 0.1) is 0 Å². The number of benzene rings is 2. The van der Waals surface area contributed by atoms with E-state index in [2.05, 4.69) is 10.6 Å². The number of ether oxygens (including phenoxy) is 1. The normalized spacial score (nSPS) is 18.8. The second-order valence-corrected chi connectivity index (χ2v) is 7.39. The van der Waals surface area contributed by atoms with Crippen molar-refractivity contribution in [2.24, 2.45) is 0 Å². The summed E-state index contributed by atoms with van der Waals surface area (Å²) in [7, 11) is 1.85. The fraction of sp³-hybridized carbons (Fsp3) is 0.364.